The Balaban J connectivity index is 1.79. The molecule has 162 valence electrons. The number of hydrogen-bond acceptors (Lipinski definition) is 8. The Hall–Kier alpha value is -4.28. The molecule has 0 aliphatic rings. The number of nitrogens with zero attached hydrogens (tertiary/aromatic N) is 4. The van der Waals surface area contributed by atoms with Gasteiger partial charge in [-0.15, -0.1) is 15.7 Å². The molecular weight excluding hydrogens is 454 g/mol. The Bertz CT molecular complexity index is 1370. The zero-order valence-corrected chi connectivity index (χ0v) is 17.8. The minimum atomic E-state index is -4.00. The van der Waals surface area contributed by atoms with Gasteiger partial charge in [0.25, 0.3) is 15.7 Å². The maximum atomic E-state index is 12.0. The fourth-order valence-electron chi connectivity index (χ4n) is 2.52. The standard InChI is InChI=1S/C19H15N7O4S2/c20-9-13(10-23-14-4-6-16(7-5-14)32(29,30)25-19(21)22)18-24-17(11-31-18)12-2-1-3-15(8-12)26(27)28/h1-8,10-11,23H,(H4,21,22,25)/b13-10+. The van der Waals surface area contributed by atoms with Crippen molar-refractivity contribution in [1.29, 1.82) is 5.26 Å². The first-order chi connectivity index (χ1) is 15.2. The maximum Gasteiger partial charge on any atom is 0.285 e. The number of hydrogen-bond donors (Lipinski definition) is 3. The summed E-state index contributed by atoms with van der Waals surface area (Å²) < 4.78 is 27.1. The van der Waals surface area contributed by atoms with E-state index in [0.717, 1.165) is 0 Å². The van der Waals surface area contributed by atoms with Crippen LogP contribution >= 0.6 is 11.3 Å². The van der Waals surface area contributed by atoms with Gasteiger partial charge in [0, 0.05) is 35.0 Å². The Morgan fingerprint density at radius 1 is 1.25 bits per heavy atom. The monoisotopic (exact) mass is 469 g/mol. The van der Waals surface area contributed by atoms with E-state index in [1.54, 1.807) is 17.5 Å². The van der Waals surface area contributed by atoms with Gasteiger partial charge in [-0.2, -0.15) is 13.7 Å². The lowest BCUT2D eigenvalue weighted by atomic mass is 10.1. The lowest BCUT2D eigenvalue weighted by Crippen LogP contribution is -2.24. The van der Waals surface area contributed by atoms with Gasteiger partial charge in [-0.05, 0) is 24.3 Å². The second kappa shape index (κ2) is 9.25. The summed E-state index contributed by atoms with van der Waals surface area (Å²) in [6, 6.07) is 13.7. The fourth-order valence-corrected chi connectivity index (χ4v) is 4.18. The molecule has 0 radical (unpaired) electrons. The van der Waals surface area contributed by atoms with E-state index in [2.05, 4.69) is 14.7 Å². The van der Waals surface area contributed by atoms with Crippen LogP contribution < -0.4 is 16.8 Å². The van der Waals surface area contributed by atoms with Crippen molar-refractivity contribution < 1.29 is 13.3 Å². The van der Waals surface area contributed by atoms with Crippen molar-refractivity contribution in [2.45, 2.75) is 4.90 Å². The van der Waals surface area contributed by atoms with Gasteiger partial charge in [0.2, 0.25) is 5.96 Å². The normalized spacial score (nSPS) is 11.4. The number of allylic oxidation sites excluding steroid dienone is 1. The van der Waals surface area contributed by atoms with Crippen LogP contribution in [-0.4, -0.2) is 24.3 Å². The summed E-state index contributed by atoms with van der Waals surface area (Å²) >= 11 is 1.21. The first-order valence-electron chi connectivity index (χ1n) is 8.73. The SMILES string of the molecule is N#C/C(=C\Nc1ccc(S(=O)(=O)N=C(N)N)cc1)c1nc(-c2cccc([N+](=O)[O-])c2)cs1. The van der Waals surface area contributed by atoms with Crippen LogP contribution in [0.15, 0.2) is 69.4 Å². The number of aromatic nitrogens is 1. The topological polar surface area (TPSA) is 190 Å². The molecule has 0 fully saturated rings. The van der Waals surface area contributed by atoms with E-state index < -0.39 is 20.9 Å². The number of guanidine groups is 1. The first kappa shape index (κ1) is 22.4. The molecule has 0 saturated carbocycles. The Labute approximate surface area is 186 Å². The van der Waals surface area contributed by atoms with Crippen LogP contribution in [-0.2, 0) is 10.0 Å². The molecule has 0 atom stereocenters. The maximum absolute atomic E-state index is 12.0. The number of nitro benzene ring substituents is 1. The van der Waals surface area contributed by atoms with E-state index in [1.165, 1.54) is 53.9 Å². The number of non-ortho nitro benzene ring substituents is 1. The highest BCUT2D eigenvalue weighted by molar-refractivity contribution is 7.90. The van der Waals surface area contributed by atoms with Crippen molar-refractivity contribution in [2.75, 3.05) is 5.32 Å². The highest BCUT2D eigenvalue weighted by atomic mass is 32.2. The van der Waals surface area contributed by atoms with Gasteiger partial charge in [-0.1, -0.05) is 12.1 Å². The highest BCUT2D eigenvalue weighted by Gasteiger charge is 2.14. The molecule has 0 saturated heterocycles. The molecule has 0 bridgehead atoms. The summed E-state index contributed by atoms with van der Waals surface area (Å²) in [4.78, 5) is 14.8. The number of anilines is 1. The number of nitrogens with one attached hydrogen (secondary N) is 1. The van der Waals surface area contributed by atoms with E-state index in [1.807, 2.05) is 6.07 Å². The Kier molecular flexibility index (Phi) is 6.47. The summed E-state index contributed by atoms with van der Waals surface area (Å²) in [5.74, 6) is -0.568. The molecule has 1 heterocycles. The summed E-state index contributed by atoms with van der Waals surface area (Å²) in [5, 5.41) is 25.5. The van der Waals surface area contributed by atoms with Crippen LogP contribution in [0.25, 0.3) is 16.8 Å². The van der Waals surface area contributed by atoms with Crippen molar-refractivity contribution in [1.82, 2.24) is 4.98 Å². The number of nitrogens with two attached hydrogens (primary N) is 2. The predicted molar refractivity (Wildman–Crippen MR) is 121 cm³/mol. The minimum Gasteiger partial charge on any atom is -0.369 e. The molecule has 2 aromatic carbocycles. The summed E-state index contributed by atoms with van der Waals surface area (Å²) in [6.45, 7) is 0. The molecule has 3 aromatic rings. The molecular formula is C19H15N7O4S2. The number of nitriles is 1. The molecule has 0 aliphatic carbocycles. The van der Waals surface area contributed by atoms with E-state index in [-0.39, 0.29) is 16.2 Å². The molecule has 11 nitrogen and oxygen atoms in total. The van der Waals surface area contributed by atoms with Gasteiger partial charge in [0.05, 0.1) is 15.5 Å². The van der Waals surface area contributed by atoms with E-state index in [4.69, 9.17) is 11.5 Å². The van der Waals surface area contributed by atoms with E-state index in [9.17, 15) is 23.8 Å². The quantitative estimate of drug-likeness (QED) is 0.153. The molecule has 0 aliphatic heterocycles. The molecule has 13 heteroatoms. The second-order valence-corrected chi connectivity index (χ2v) is 8.64. The molecule has 0 spiro atoms. The van der Waals surface area contributed by atoms with Crippen LogP contribution in [0, 0.1) is 21.4 Å². The summed E-state index contributed by atoms with van der Waals surface area (Å²) in [6.07, 6.45) is 1.43. The zero-order chi connectivity index (χ0) is 23.3. The Morgan fingerprint density at radius 2 is 1.97 bits per heavy atom. The van der Waals surface area contributed by atoms with Crippen LogP contribution in [0.5, 0.6) is 0 Å². The molecule has 0 unspecified atom stereocenters. The Morgan fingerprint density at radius 3 is 2.59 bits per heavy atom. The van der Waals surface area contributed by atoms with Gasteiger partial charge >= 0.3 is 0 Å². The van der Waals surface area contributed by atoms with Gasteiger partial charge in [-0.25, -0.2) is 4.98 Å². The largest absolute Gasteiger partial charge is 0.369 e. The van der Waals surface area contributed by atoms with Crippen LogP contribution in [0.4, 0.5) is 11.4 Å². The third kappa shape index (κ3) is 5.25. The molecule has 32 heavy (non-hydrogen) atoms. The van der Waals surface area contributed by atoms with Gasteiger partial charge in [-0.3, -0.25) is 10.1 Å². The van der Waals surface area contributed by atoms with Crippen LogP contribution in [0.2, 0.25) is 0 Å². The van der Waals surface area contributed by atoms with E-state index in [0.29, 0.717) is 22.0 Å². The smallest absolute Gasteiger partial charge is 0.285 e. The van der Waals surface area contributed by atoms with Crippen molar-refractivity contribution in [3.63, 3.8) is 0 Å². The van der Waals surface area contributed by atoms with Crippen molar-refractivity contribution in [3.05, 3.63) is 75.2 Å². The molecule has 5 N–H and O–H groups in total. The molecule has 1 aromatic heterocycles. The number of benzene rings is 2. The lowest BCUT2D eigenvalue weighted by Gasteiger charge is -2.03. The van der Waals surface area contributed by atoms with Crippen LogP contribution in [0.3, 0.4) is 0 Å². The minimum absolute atomic E-state index is 0.0555. The van der Waals surface area contributed by atoms with Crippen molar-refractivity contribution in [3.8, 4) is 17.3 Å². The molecule has 0 amide bonds. The predicted octanol–water partition coefficient (Wildman–Crippen LogP) is 2.66. The fraction of sp³-hybridized carbons (Fsp3) is 0. The lowest BCUT2D eigenvalue weighted by molar-refractivity contribution is -0.384. The number of rotatable bonds is 7. The zero-order valence-electron chi connectivity index (χ0n) is 16.2. The average molecular weight is 470 g/mol. The van der Waals surface area contributed by atoms with Crippen LogP contribution in [0.1, 0.15) is 5.01 Å². The van der Waals surface area contributed by atoms with Crippen molar-refractivity contribution in [2.24, 2.45) is 15.9 Å². The number of sulfonamides is 1. The van der Waals surface area contributed by atoms with E-state index >= 15 is 0 Å². The van der Waals surface area contributed by atoms with Gasteiger partial charge in [0.1, 0.15) is 16.6 Å². The van der Waals surface area contributed by atoms with Gasteiger partial charge < -0.3 is 16.8 Å². The third-order valence-electron chi connectivity index (χ3n) is 3.97. The molecule has 3 rings (SSSR count). The first-order valence-corrected chi connectivity index (χ1v) is 11.0. The van der Waals surface area contributed by atoms with Crippen molar-refractivity contribution >= 4 is 44.3 Å². The average Bonchev–Trinajstić information content (AvgIpc) is 3.24. The number of nitro groups is 1. The van der Waals surface area contributed by atoms with Gasteiger partial charge in [0.15, 0.2) is 0 Å². The second-order valence-electron chi connectivity index (χ2n) is 6.18. The number of thiazole rings is 1. The summed E-state index contributed by atoms with van der Waals surface area (Å²) in [5.41, 5.74) is 12.0. The third-order valence-corrected chi connectivity index (χ3v) is 6.16. The summed E-state index contributed by atoms with van der Waals surface area (Å²) in [7, 11) is -4.00. The highest BCUT2D eigenvalue weighted by Crippen LogP contribution is 2.28.